The number of sulfonamides is 1. The fraction of sp³-hybridized carbons (Fsp3) is 0.158. The lowest BCUT2D eigenvalue weighted by Gasteiger charge is -2.06. The number of carbonyl (C=O) groups is 1. The van der Waals surface area contributed by atoms with E-state index in [9.17, 15) is 13.2 Å². The van der Waals surface area contributed by atoms with Crippen LogP contribution in [0.2, 0.25) is 5.02 Å². The van der Waals surface area contributed by atoms with E-state index >= 15 is 0 Å². The van der Waals surface area contributed by atoms with Crippen LogP contribution in [0.15, 0.2) is 58.8 Å². The van der Waals surface area contributed by atoms with Crippen molar-refractivity contribution in [1.82, 2.24) is 10.3 Å². The van der Waals surface area contributed by atoms with Gasteiger partial charge in [-0.3, -0.25) is 9.52 Å². The highest BCUT2D eigenvalue weighted by Gasteiger charge is 2.17. The number of amides is 1. The predicted molar refractivity (Wildman–Crippen MR) is 113 cm³/mol. The van der Waals surface area contributed by atoms with Crippen LogP contribution in [0.3, 0.4) is 0 Å². The number of anilines is 1. The summed E-state index contributed by atoms with van der Waals surface area (Å²) in [6.45, 7) is 0.372. The number of ether oxygens (including phenoxy) is 1. The van der Waals surface area contributed by atoms with Gasteiger partial charge >= 0.3 is 0 Å². The smallest absolute Gasteiger partial charge is 0.263 e. The van der Waals surface area contributed by atoms with E-state index in [0.717, 1.165) is 16.9 Å². The Balaban J connectivity index is 1.56. The first-order valence-corrected chi connectivity index (χ1v) is 11.2. The summed E-state index contributed by atoms with van der Waals surface area (Å²) in [6.07, 6.45) is 0.0500. The second-order valence-electron chi connectivity index (χ2n) is 6.00. The maximum atomic E-state index is 12.4. The van der Waals surface area contributed by atoms with Crippen molar-refractivity contribution in [2.75, 3.05) is 11.8 Å². The highest BCUT2D eigenvalue weighted by atomic mass is 35.5. The van der Waals surface area contributed by atoms with Crippen LogP contribution in [0.5, 0.6) is 5.75 Å². The molecule has 0 radical (unpaired) electrons. The molecule has 0 aliphatic heterocycles. The minimum absolute atomic E-state index is 0.0500. The molecule has 1 amide bonds. The zero-order valence-corrected chi connectivity index (χ0v) is 17.8. The molecule has 0 fully saturated rings. The van der Waals surface area contributed by atoms with E-state index in [1.807, 2.05) is 12.1 Å². The highest BCUT2D eigenvalue weighted by Crippen LogP contribution is 2.22. The normalized spacial score (nSPS) is 11.1. The molecular weight excluding hydrogens is 434 g/mol. The molecule has 0 aliphatic rings. The molecule has 7 nitrogen and oxygen atoms in total. The van der Waals surface area contributed by atoms with Crippen molar-refractivity contribution >= 4 is 44.0 Å². The van der Waals surface area contributed by atoms with Crippen LogP contribution in [0, 0.1) is 0 Å². The molecule has 1 aromatic heterocycles. The van der Waals surface area contributed by atoms with Crippen molar-refractivity contribution in [1.29, 1.82) is 0 Å². The fourth-order valence-corrected chi connectivity index (χ4v) is 4.48. The molecule has 10 heteroatoms. The molecule has 0 unspecified atom stereocenters. The number of nitrogens with one attached hydrogen (secondary N) is 2. The number of benzene rings is 2. The van der Waals surface area contributed by atoms with Gasteiger partial charge in [0, 0.05) is 16.9 Å². The van der Waals surface area contributed by atoms with E-state index in [0.29, 0.717) is 23.0 Å². The monoisotopic (exact) mass is 451 g/mol. The molecule has 0 saturated carbocycles. The lowest BCUT2D eigenvalue weighted by atomic mass is 10.2. The summed E-state index contributed by atoms with van der Waals surface area (Å²) >= 11 is 6.95. The Morgan fingerprint density at radius 1 is 1.14 bits per heavy atom. The van der Waals surface area contributed by atoms with Crippen LogP contribution < -0.4 is 14.8 Å². The average molecular weight is 452 g/mol. The van der Waals surface area contributed by atoms with Gasteiger partial charge in [-0.05, 0) is 42.0 Å². The molecule has 29 heavy (non-hydrogen) atoms. The Kier molecular flexibility index (Phi) is 6.73. The van der Waals surface area contributed by atoms with Crippen LogP contribution in [0.1, 0.15) is 11.3 Å². The number of nitrogens with zero attached hydrogens (tertiary/aromatic N) is 1. The molecule has 3 rings (SSSR count). The van der Waals surface area contributed by atoms with E-state index in [1.165, 1.54) is 19.2 Å². The summed E-state index contributed by atoms with van der Waals surface area (Å²) in [4.78, 5) is 16.4. The Bertz CT molecular complexity index is 1080. The largest absolute Gasteiger partial charge is 0.497 e. The third-order valence-corrected chi connectivity index (χ3v) is 6.43. The van der Waals surface area contributed by atoms with Crippen molar-refractivity contribution in [3.63, 3.8) is 0 Å². The molecule has 3 aromatic rings. The van der Waals surface area contributed by atoms with Gasteiger partial charge in [0.1, 0.15) is 5.75 Å². The summed E-state index contributed by atoms with van der Waals surface area (Å²) in [5.74, 6) is 0.347. The van der Waals surface area contributed by atoms with Gasteiger partial charge in [-0.1, -0.05) is 23.7 Å². The van der Waals surface area contributed by atoms with Gasteiger partial charge in [0.15, 0.2) is 5.13 Å². The number of carbonyl (C=O) groups excluding carboxylic acids is 1. The Morgan fingerprint density at radius 3 is 2.48 bits per heavy atom. The first kappa shape index (κ1) is 21.1. The molecule has 1 heterocycles. The van der Waals surface area contributed by atoms with Gasteiger partial charge in [-0.15, -0.1) is 11.3 Å². The summed E-state index contributed by atoms with van der Waals surface area (Å²) in [5, 5.41) is 5.27. The lowest BCUT2D eigenvalue weighted by Crippen LogP contribution is -2.24. The number of rotatable bonds is 8. The predicted octanol–water partition coefficient (Wildman–Crippen LogP) is 3.46. The minimum Gasteiger partial charge on any atom is -0.497 e. The van der Waals surface area contributed by atoms with Gasteiger partial charge in [0.2, 0.25) is 5.91 Å². The molecule has 2 N–H and O–H groups in total. The standard InChI is InChI=1S/C19H18ClN3O4S2/c1-27-16-6-8-17(9-7-16)29(25,26)23-19-22-15(12-28-19)10-18(24)21-11-13-2-4-14(20)5-3-13/h2-9,12H,10-11H2,1H3,(H,21,24)(H,22,23). The first-order chi connectivity index (χ1) is 13.9. The number of hydrogen-bond acceptors (Lipinski definition) is 6. The molecule has 0 spiro atoms. The Morgan fingerprint density at radius 2 is 1.83 bits per heavy atom. The van der Waals surface area contributed by atoms with Gasteiger partial charge in [-0.2, -0.15) is 0 Å². The zero-order chi connectivity index (χ0) is 20.9. The van der Waals surface area contributed by atoms with Gasteiger partial charge in [0.05, 0.1) is 24.1 Å². The maximum absolute atomic E-state index is 12.4. The SMILES string of the molecule is COc1ccc(S(=O)(=O)Nc2nc(CC(=O)NCc3ccc(Cl)cc3)cs2)cc1. The molecular formula is C19H18ClN3O4S2. The van der Waals surface area contributed by atoms with Crippen LogP contribution in [-0.2, 0) is 27.8 Å². The Labute approximate surface area is 177 Å². The van der Waals surface area contributed by atoms with E-state index in [-0.39, 0.29) is 22.4 Å². The fourth-order valence-electron chi connectivity index (χ4n) is 2.39. The highest BCUT2D eigenvalue weighted by molar-refractivity contribution is 7.93. The molecule has 0 aliphatic carbocycles. The average Bonchev–Trinajstić information content (AvgIpc) is 3.13. The second kappa shape index (κ2) is 9.25. The summed E-state index contributed by atoms with van der Waals surface area (Å²) in [5.41, 5.74) is 1.41. The molecule has 152 valence electrons. The van der Waals surface area contributed by atoms with Gasteiger partial charge in [-0.25, -0.2) is 13.4 Å². The third kappa shape index (κ3) is 5.93. The maximum Gasteiger partial charge on any atom is 0.263 e. The van der Waals surface area contributed by atoms with Crippen LogP contribution >= 0.6 is 22.9 Å². The molecule has 2 aromatic carbocycles. The number of hydrogen-bond donors (Lipinski definition) is 2. The number of aromatic nitrogens is 1. The topological polar surface area (TPSA) is 97.4 Å². The van der Waals surface area contributed by atoms with Crippen molar-refractivity contribution in [2.45, 2.75) is 17.9 Å². The number of halogens is 1. The zero-order valence-electron chi connectivity index (χ0n) is 15.4. The Hall–Kier alpha value is -2.62. The third-order valence-electron chi connectivity index (χ3n) is 3.89. The minimum atomic E-state index is -3.77. The van der Waals surface area contributed by atoms with Crippen molar-refractivity contribution in [3.05, 3.63) is 70.2 Å². The van der Waals surface area contributed by atoms with Crippen molar-refractivity contribution < 1.29 is 17.9 Å². The molecule has 0 saturated heterocycles. The van der Waals surface area contributed by atoms with E-state index in [2.05, 4.69) is 15.0 Å². The van der Waals surface area contributed by atoms with E-state index in [1.54, 1.807) is 29.6 Å². The van der Waals surface area contributed by atoms with E-state index in [4.69, 9.17) is 16.3 Å². The summed E-state index contributed by atoms with van der Waals surface area (Å²) < 4.78 is 32.3. The number of methoxy groups -OCH3 is 1. The number of thiazole rings is 1. The van der Waals surface area contributed by atoms with Gasteiger partial charge in [0.25, 0.3) is 10.0 Å². The van der Waals surface area contributed by atoms with Crippen LogP contribution in [0.4, 0.5) is 5.13 Å². The van der Waals surface area contributed by atoms with Gasteiger partial charge < -0.3 is 10.1 Å². The summed E-state index contributed by atoms with van der Waals surface area (Å²) in [7, 11) is -2.27. The van der Waals surface area contributed by atoms with Crippen molar-refractivity contribution in [3.8, 4) is 5.75 Å². The first-order valence-electron chi connectivity index (χ1n) is 8.48. The van der Waals surface area contributed by atoms with Crippen LogP contribution in [-0.4, -0.2) is 26.4 Å². The molecule has 0 bridgehead atoms. The summed E-state index contributed by atoms with van der Waals surface area (Å²) in [6, 6.07) is 13.2. The van der Waals surface area contributed by atoms with E-state index < -0.39 is 10.0 Å². The second-order valence-corrected chi connectivity index (χ2v) is 8.98. The van der Waals surface area contributed by atoms with Crippen LogP contribution in [0.25, 0.3) is 0 Å². The molecule has 0 atom stereocenters. The van der Waals surface area contributed by atoms with Crippen molar-refractivity contribution in [2.24, 2.45) is 0 Å². The quantitative estimate of drug-likeness (QED) is 0.546. The lowest BCUT2D eigenvalue weighted by molar-refractivity contribution is -0.120.